The van der Waals surface area contributed by atoms with E-state index in [2.05, 4.69) is 86.8 Å². The van der Waals surface area contributed by atoms with Crippen LogP contribution in [0.2, 0.25) is 0 Å². The van der Waals surface area contributed by atoms with Crippen LogP contribution < -0.4 is 5.73 Å². The first-order chi connectivity index (χ1) is 27.4. The van der Waals surface area contributed by atoms with Gasteiger partial charge < -0.3 is 20.1 Å². The number of carbonyl (C=O) groups excluding carboxylic acids is 1. The number of hydrogen-bond acceptors (Lipinski definition) is 7. The van der Waals surface area contributed by atoms with E-state index in [1.807, 2.05) is 0 Å². The molecule has 0 aromatic heterocycles. The minimum absolute atomic E-state index is 0.0935. The maximum Gasteiger partial charge on any atom is 0.472 e. The molecule has 0 saturated heterocycles. The fourth-order valence-corrected chi connectivity index (χ4v) is 6.61. The van der Waals surface area contributed by atoms with Crippen molar-refractivity contribution in [3.63, 3.8) is 0 Å². The number of phosphoric ester groups is 1. The molecule has 0 fully saturated rings. The van der Waals surface area contributed by atoms with Crippen molar-refractivity contribution in [3.8, 4) is 0 Å². The van der Waals surface area contributed by atoms with Gasteiger partial charge in [-0.15, -0.1) is 0 Å². The van der Waals surface area contributed by atoms with Crippen LogP contribution in [0.1, 0.15) is 181 Å². The zero-order valence-electron chi connectivity index (χ0n) is 35.8. The van der Waals surface area contributed by atoms with E-state index in [1.54, 1.807) is 0 Å². The van der Waals surface area contributed by atoms with Crippen LogP contribution in [0.25, 0.3) is 0 Å². The van der Waals surface area contributed by atoms with E-state index in [4.69, 9.17) is 24.3 Å². The molecule has 0 aliphatic carbocycles. The highest BCUT2D eigenvalue weighted by Crippen LogP contribution is 2.43. The summed E-state index contributed by atoms with van der Waals surface area (Å²) in [6.07, 6.45) is 54.9. The molecule has 0 bridgehead atoms. The largest absolute Gasteiger partial charge is 0.472 e. The Morgan fingerprint density at radius 3 is 1.50 bits per heavy atom. The predicted octanol–water partition coefficient (Wildman–Crippen LogP) is 13.5. The first kappa shape index (κ1) is 53.9. The molecule has 2 unspecified atom stereocenters. The number of carbonyl (C=O) groups is 1. The topological polar surface area (TPSA) is 117 Å². The van der Waals surface area contributed by atoms with Crippen LogP contribution in [0.15, 0.2) is 72.9 Å². The van der Waals surface area contributed by atoms with E-state index in [0.717, 1.165) is 83.5 Å². The second kappa shape index (κ2) is 44.1. The third-order valence-corrected chi connectivity index (χ3v) is 10.1. The lowest BCUT2D eigenvalue weighted by Gasteiger charge is -2.20. The number of phosphoric acid groups is 1. The third kappa shape index (κ3) is 43.1. The summed E-state index contributed by atoms with van der Waals surface area (Å²) in [6.45, 7) is 4.74. The zero-order valence-corrected chi connectivity index (χ0v) is 36.7. The van der Waals surface area contributed by atoms with Crippen molar-refractivity contribution >= 4 is 13.8 Å². The fraction of sp³-hybridized carbons (Fsp3) is 0.723. The molecule has 56 heavy (non-hydrogen) atoms. The lowest BCUT2D eigenvalue weighted by molar-refractivity contribution is -0.154. The molecule has 0 aromatic carbocycles. The number of nitrogens with two attached hydrogens (primary N) is 1. The fourth-order valence-electron chi connectivity index (χ4n) is 5.84. The van der Waals surface area contributed by atoms with Crippen LogP contribution in [-0.2, 0) is 27.9 Å². The van der Waals surface area contributed by atoms with Gasteiger partial charge in [0.05, 0.1) is 19.8 Å². The number of rotatable bonds is 42. The van der Waals surface area contributed by atoms with Gasteiger partial charge in [-0.05, 0) is 83.5 Å². The maximum atomic E-state index is 12.6. The zero-order chi connectivity index (χ0) is 40.9. The molecule has 0 aromatic rings. The van der Waals surface area contributed by atoms with Gasteiger partial charge in [-0.2, -0.15) is 0 Å². The highest BCUT2D eigenvalue weighted by Gasteiger charge is 2.25. The van der Waals surface area contributed by atoms with Crippen LogP contribution in [0, 0.1) is 0 Å². The summed E-state index contributed by atoms with van der Waals surface area (Å²) in [5, 5.41) is 0. The van der Waals surface area contributed by atoms with Crippen molar-refractivity contribution in [1.29, 1.82) is 0 Å². The van der Waals surface area contributed by atoms with E-state index in [0.29, 0.717) is 13.0 Å². The molecular weight excluding hydrogens is 721 g/mol. The molecule has 2 atom stereocenters. The van der Waals surface area contributed by atoms with Crippen LogP contribution in [0.5, 0.6) is 0 Å². The Kier molecular flexibility index (Phi) is 42.4. The van der Waals surface area contributed by atoms with Gasteiger partial charge in [0.15, 0.2) is 0 Å². The molecule has 9 heteroatoms. The molecule has 0 amide bonds. The quantitative estimate of drug-likeness (QED) is 0.0271. The molecule has 3 N–H and O–H groups in total. The molecule has 0 saturated carbocycles. The number of esters is 1. The Balaban J connectivity index is 4.03. The predicted molar refractivity (Wildman–Crippen MR) is 238 cm³/mol. The van der Waals surface area contributed by atoms with Gasteiger partial charge in [0.1, 0.15) is 6.10 Å². The molecule has 8 nitrogen and oxygen atoms in total. The number of allylic oxidation sites excluding steroid dienone is 12. The van der Waals surface area contributed by atoms with Gasteiger partial charge in [-0.3, -0.25) is 13.8 Å². The average molecular weight is 806 g/mol. The Hall–Kier alpha value is -2.06. The lowest BCUT2D eigenvalue weighted by Crippen LogP contribution is -2.28. The average Bonchev–Trinajstić information content (AvgIpc) is 3.19. The van der Waals surface area contributed by atoms with Gasteiger partial charge >= 0.3 is 13.8 Å². The van der Waals surface area contributed by atoms with Crippen LogP contribution in [0.3, 0.4) is 0 Å². The minimum Gasteiger partial charge on any atom is -0.457 e. The van der Waals surface area contributed by atoms with Crippen molar-refractivity contribution in [3.05, 3.63) is 72.9 Å². The minimum atomic E-state index is -4.29. The molecule has 0 heterocycles. The van der Waals surface area contributed by atoms with E-state index in [-0.39, 0.29) is 32.3 Å². The normalized spacial score (nSPS) is 14.1. The Morgan fingerprint density at radius 1 is 0.554 bits per heavy atom. The number of unbranched alkanes of at least 4 members (excludes halogenated alkanes) is 17. The van der Waals surface area contributed by atoms with Crippen molar-refractivity contribution in [2.75, 3.05) is 33.0 Å². The van der Waals surface area contributed by atoms with Crippen molar-refractivity contribution in [1.82, 2.24) is 0 Å². The Bertz CT molecular complexity index is 1080. The van der Waals surface area contributed by atoms with Gasteiger partial charge in [-0.1, -0.05) is 164 Å². The molecule has 0 radical (unpaired) electrons. The smallest absolute Gasteiger partial charge is 0.457 e. The van der Waals surface area contributed by atoms with Gasteiger partial charge in [0, 0.05) is 19.6 Å². The summed E-state index contributed by atoms with van der Waals surface area (Å²) in [5.41, 5.74) is 5.37. The summed E-state index contributed by atoms with van der Waals surface area (Å²) >= 11 is 0. The highest BCUT2D eigenvalue weighted by molar-refractivity contribution is 7.47. The van der Waals surface area contributed by atoms with Crippen molar-refractivity contribution in [2.24, 2.45) is 5.73 Å². The van der Waals surface area contributed by atoms with E-state index in [1.165, 1.54) is 77.0 Å². The van der Waals surface area contributed by atoms with Crippen molar-refractivity contribution in [2.45, 2.75) is 187 Å². The summed E-state index contributed by atoms with van der Waals surface area (Å²) in [5.74, 6) is -0.349. The monoisotopic (exact) mass is 806 g/mol. The van der Waals surface area contributed by atoms with Crippen LogP contribution in [0.4, 0.5) is 0 Å². The van der Waals surface area contributed by atoms with E-state index in [9.17, 15) is 14.3 Å². The van der Waals surface area contributed by atoms with Crippen LogP contribution >= 0.6 is 7.82 Å². The number of hydrogen-bond donors (Lipinski definition) is 2. The SMILES string of the molecule is CC/C=C\C/C=C\C/C=C\C/C=C\CCCCCCCCCCCOCC(COP(=O)(O)OCCN)OC(=O)CCCCCCC/C=C\C/C=C\CCCCC. The molecular formula is C47H84NO7P. The lowest BCUT2D eigenvalue weighted by atomic mass is 10.1. The molecule has 0 aliphatic heterocycles. The Morgan fingerprint density at radius 2 is 1.00 bits per heavy atom. The van der Waals surface area contributed by atoms with Crippen LogP contribution in [-0.4, -0.2) is 49.9 Å². The van der Waals surface area contributed by atoms with Gasteiger partial charge in [0.25, 0.3) is 0 Å². The molecule has 0 spiro atoms. The van der Waals surface area contributed by atoms with E-state index >= 15 is 0 Å². The standard InChI is InChI=1S/C47H84NO7P/c1-3-5-7-9-11-13-15-17-19-20-21-22-23-24-25-27-29-31-33-35-37-39-42-52-44-46(45-54-56(50,51)53-43-41-48)55-47(49)40-38-36-34-32-30-28-26-18-16-14-12-10-8-6-4-2/h5,7,11-14,17-19,21-22,26,46H,3-4,6,8-10,15-16,20,23-25,27-45,48H2,1-2H3,(H,50,51)/b7-5-,13-11-,14-12-,19-17-,22-21-,26-18-. The molecule has 0 rings (SSSR count). The second-order valence-electron chi connectivity index (χ2n) is 14.5. The van der Waals surface area contributed by atoms with Crippen molar-refractivity contribution < 1.29 is 32.8 Å². The molecule has 324 valence electrons. The van der Waals surface area contributed by atoms with Gasteiger partial charge in [-0.25, -0.2) is 4.57 Å². The second-order valence-corrected chi connectivity index (χ2v) is 16.0. The Labute approximate surface area is 344 Å². The summed E-state index contributed by atoms with van der Waals surface area (Å²) in [4.78, 5) is 22.5. The van der Waals surface area contributed by atoms with Gasteiger partial charge in [0.2, 0.25) is 0 Å². The molecule has 0 aliphatic rings. The first-order valence-electron chi connectivity index (χ1n) is 22.4. The van der Waals surface area contributed by atoms with E-state index < -0.39 is 13.9 Å². The third-order valence-electron chi connectivity index (χ3n) is 9.11. The summed E-state index contributed by atoms with van der Waals surface area (Å²) in [7, 11) is -4.29. The highest BCUT2D eigenvalue weighted by atomic mass is 31.2. The maximum absolute atomic E-state index is 12.6. The first-order valence-corrected chi connectivity index (χ1v) is 23.9. The number of ether oxygens (including phenoxy) is 2. The summed E-state index contributed by atoms with van der Waals surface area (Å²) < 4.78 is 33.4. The summed E-state index contributed by atoms with van der Waals surface area (Å²) in [6, 6.07) is 0.